The smallest absolute Gasteiger partial charge is 0.0371 e. The molecule has 2 atom stereocenters. The van der Waals surface area contributed by atoms with Gasteiger partial charge in [0.25, 0.3) is 0 Å². The van der Waals surface area contributed by atoms with Gasteiger partial charge in [-0.1, -0.05) is 13.5 Å². The Bertz CT molecular complexity index is 268. The summed E-state index contributed by atoms with van der Waals surface area (Å²) in [5.41, 5.74) is 2.19. The molecule has 1 saturated heterocycles. The van der Waals surface area contributed by atoms with Crippen molar-refractivity contribution in [3.63, 3.8) is 0 Å². The molecule has 1 heterocycles. The average molecular weight is 206 g/mol. The van der Waals surface area contributed by atoms with Crippen molar-refractivity contribution in [2.75, 3.05) is 6.54 Å². The Morgan fingerprint density at radius 2 is 2.20 bits per heavy atom. The van der Waals surface area contributed by atoms with Crippen LogP contribution in [0, 0.1) is 5.92 Å². The fourth-order valence-electron chi connectivity index (χ4n) is 1.93. The second-order valence-corrected chi connectivity index (χ2v) is 4.39. The van der Waals surface area contributed by atoms with E-state index in [-0.39, 0.29) is 0 Å². The van der Waals surface area contributed by atoms with Crippen LogP contribution in [0.15, 0.2) is 28.9 Å². The van der Waals surface area contributed by atoms with Gasteiger partial charge >= 0.3 is 0 Å². The highest BCUT2D eigenvalue weighted by atomic mass is 14.9. The van der Waals surface area contributed by atoms with E-state index < -0.39 is 0 Å². The first-order valence-corrected chi connectivity index (χ1v) is 5.72. The summed E-state index contributed by atoms with van der Waals surface area (Å²) in [6.07, 6.45) is 6.38. The standard InChI is InChI=1S/C13H22N2/c1-5-14-12(4)8-11(3)13-7-6-10(2)9-15-13/h5,8,10,13,15H,3,6-7,9H2,1-2,4H3/b12-8-,14-5-/t10-,13+/m1/s1. The second-order valence-electron chi connectivity index (χ2n) is 4.39. The van der Waals surface area contributed by atoms with E-state index in [1.165, 1.54) is 12.8 Å². The molecule has 1 N–H and O–H groups in total. The van der Waals surface area contributed by atoms with Crippen LogP contribution >= 0.6 is 0 Å². The summed E-state index contributed by atoms with van der Waals surface area (Å²) in [5, 5.41) is 3.52. The van der Waals surface area contributed by atoms with Gasteiger partial charge in [-0.25, -0.2) is 0 Å². The van der Waals surface area contributed by atoms with Crippen LogP contribution in [0.1, 0.15) is 33.6 Å². The first-order chi connectivity index (χ1) is 7.13. The Morgan fingerprint density at radius 1 is 1.47 bits per heavy atom. The van der Waals surface area contributed by atoms with Crippen molar-refractivity contribution < 1.29 is 0 Å². The molecule has 2 heteroatoms. The van der Waals surface area contributed by atoms with E-state index in [4.69, 9.17) is 0 Å². The van der Waals surface area contributed by atoms with E-state index in [1.54, 1.807) is 0 Å². The van der Waals surface area contributed by atoms with Gasteiger partial charge in [0, 0.05) is 18.0 Å². The minimum Gasteiger partial charge on any atom is -0.310 e. The third-order valence-electron chi connectivity index (χ3n) is 2.84. The molecule has 0 aliphatic carbocycles. The van der Waals surface area contributed by atoms with Crippen LogP contribution < -0.4 is 5.32 Å². The molecular weight excluding hydrogens is 184 g/mol. The number of allylic oxidation sites excluding steroid dienone is 1. The van der Waals surface area contributed by atoms with Gasteiger partial charge < -0.3 is 5.32 Å². The van der Waals surface area contributed by atoms with E-state index in [0.717, 1.165) is 23.7 Å². The zero-order valence-corrected chi connectivity index (χ0v) is 10.1. The van der Waals surface area contributed by atoms with Gasteiger partial charge in [-0.2, -0.15) is 0 Å². The summed E-state index contributed by atoms with van der Waals surface area (Å²) in [5.74, 6) is 0.799. The van der Waals surface area contributed by atoms with Crippen molar-refractivity contribution in [1.29, 1.82) is 0 Å². The van der Waals surface area contributed by atoms with Gasteiger partial charge in [-0.05, 0) is 50.8 Å². The van der Waals surface area contributed by atoms with Crippen LogP contribution in [-0.2, 0) is 0 Å². The predicted octanol–water partition coefficient (Wildman–Crippen LogP) is 2.93. The Balaban J connectivity index is 2.50. The van der Waals surface area contributed by atoms with Gasteiger partial charge in [0.2, 0.25) is 0 Å². The first kappa shape index (κ1) is 12.2. The number of piperidine rings is 1. The van der Waals surface area contributed by atoms with Crippen molar-refractivity contribution in [2.45, 2.75) is 39.7 Å². The van der Waals surface area contributed by atoms with Gasteiger partial charge in [0.1, 0.15) is 0 Å². The largest absolute Gasteiger partial charge is 0.310 e. The third-order valence-corrected chi connectivity index (χ3v) is 2.84. The minimum atomic E-state index is 0.447. The lowest BCUT2D eigenvalue weighted by molar-refractivity contribution is 0.356. The molecule has 0 saturated carbocycles. The maximum atomic E-state index is 4.22. The second kappa shape index (κ2) is 5.86. The summed E-state index contributed by atoms with van der Waals surface area (Å²) >= 11 is 0. The van der Waals surface area contributed by atoms with Crippen LogP contribution in [0.25, 0.3) is 0 Å². The summed E-state index contributed by atoms with van der Waals surface area (Å²) in [6, 6.07) is 0.447. The van der Waals surface area contributed by atoms with E-state index in [9.17, 15) is 0 Å². The molecule has 0 aromatic rings. The van der Waals surface area contributed by atoms with Crippen molar-refractivity contribution in [3.8, 4) is 0 Å². The summed E-state index contributed by atoms with van der Waals surface area (Å²) < 4.78 is 0. The van der Waals surface area contributed by atoms with Gasteiger partial charge in [0.15, 0.2) is 0 Å². The number of nitrogens with one attached hydrogen (secondary N) is 1. The van der Waals surface area contributed by atoms with E-state index >= 15 is 0 Å². The molecule has 15 heavy (non-hydrogen) atoms. The average Bonchev–Trinajstić information content (AvgIpc) is 2.18. The van der Waals surface area contributed by atoms with Gasteiger partial charge in [-0.15, -0.1) is 0 Å². The van der Waals surface area contributed by atoms with Crippen molar-refractivity contribution in [2.24, 2.45) is 10.9 Å². The van der Waals surface area contributed by atoms with Crippen LogP contribution in [0.3, 0.4) is 0 Å². The fourth-order valence-corrected chi connectivity index (χ4v) is 1.93. The summed E-state index contributed by atoms with van der Waals surface area (Å²) in [4.78, 5) is 4.22. The fraction of sp³-hybridized carbons (Fsp3) is 0.615. The number of hydrogen-bond acceptors (Lipinski definition) is 2. The molecule has 0 spiro atoms. The molecule has 1 rings (SSSR count). The highest BCUT2D eigenvalue weighted by molar-refractivity contribution is 5.55. The number of hydrogen-bond donors (Lipinski definition) is 1. The SMILES string of the molecule is C=C(/C=C(C)\N=C/C)[C@@H]1CC[C@@H](C)CN1. The first-order valence-electron chi connectivity index (χ1n) is 5.72. The molecular formula is C13H22N2. The van der Waals surface area contributed by atoms with Crippen molar-refractivity contribution in [1.82, 2.24) is 5.32 Å². The number of nitrogens with zero attached hydrogens (tertiary/aromatic N) is 1. The maximum absolute atomic E-state index is 4.22. The molecule has 1 fully saturated rings. The van der Waals surface area contributed by atoms with E-state index in [1.807, 2.05) is 20.1 Å². The molecule has 2 nitrogen and oxygen atoms in total. The van der Waals surface area contributed by atoms with Crippen molar-refractivity contribution in [3.05, 3.63) is 23.9 Å². The molecule has 0 radical (unpaired) electrons. The lowest BCUT2D eigenvalue weighted by atomic mass is 9.92. The minimum absolute atomic E-state index is 0.447. The normalized spacial score (nSPS) is 28.3. The number of aliphatic imine (C=N–C) groups is 1. The van der Waals surface area contributed by atoms with Crippen LogP contribution in [-0.4, -0.2) is 18.8 Å². The van der Waals surface area contributed by atoms with Crippen LogP contribution in [0.4, 0.5) is 0 Å². The summed E-state index contributed by atoms with van der Waals surface area (Å²) in [7, 11) is 0. The van der Waals surface area contributed by atoms with Crippen LogP contribution in [0.2, 0.25) is 0 Å². The molecule has 0 bridgehead atoms. The third kappa shape index (κ3) is 4.00. The summed E-state index contributed by atoms with van der Waals surface area (Å²) in [6.45, 7) is 11.4. The van der Waals surface area contributed by atoms with Gasteiger partial charge in [0.05, 0.1) is 0 Å². The van der Waals surface area contributed by atoms with Crippen LogP contribution in [0.5, 0.6) is 0 Å². The Kier molecular flexibility index (Phi) is 4.76. The molecule has 0 amide bonds. The zero-order valence-electron chi connectivity index (χ0n) is 10.1. The van der Waals surface area contributed by atoms with Gasteiger partial charge in [-0.3, -0.25) is 4.99 Å². The molecule has 1 aliphatic heterocycles. The number of rotatable bonds is 3. The molecule has 0 aromatic heterocycles. The monoisotopic (exact) mass is 206 g/mol. The molecule has 84 valence electrons. The highest BCUT2D eigenvalue weighted by Crippen LogP contribution is 2.19. The molecule has 1 aliphatic rings. The lowest BCUT2D eigenvalue weighted by Gasteiger charge is -2.28. The Labute approximate surface area is 93.2 Å². The molecule has 0 unspecified atom stereocenters. The highest BCUT2D eigenvalue weighted by Gasteiger charge is 2.18. The predicted molar refractivity (Wildman–Crippen MR) is 67.3 cm³/mol. The quantitative estimate of drug-likeness (QED) is 0.557. The lowest BCUT2D eigenvalue weighted by Crippen LogP contribution is -2.38. The zero-order chi connectivity index (χ0) is 11.3. The Hall–Kier alpha value is -0.890. The van der Waals surface area contributed by atoms with E-state index in [0.29, 0.717) is 6.04 Å². The topological polar surface area (TPSA) is 24.4 Å². The maximum Gasteiger partial charge on any atom is 0.0371 e. The Morgan fingerprint density at radius 3 is 2.73 bits per heavy atom. The van der Waals surface area contributed by atoms with Crippen molar-refractivity contribution >= 4 is 6.21 Å². The molecule has 0 aromatic carbocycles. The van der Waals surface area contributed by atoms with E-state index in [2.05, 4.69) is 29.9 Å².